The molecule has 9 heteroatoms. The lowest BCUT2D eigenvalue weighted by molar-refractivity contribution is 0.0689. The molecule has 5 rings (SSSR count). The van der Waals surface area contributed by atoms with Crippen molar-refractivity contribution in [2.75, 3.05) is 56.7 Å². The molecule has 0 radical (unpaired) electrons. The van der Waals surface area contributed by atoms with Crippen molar-refractivity contribution in [3.8, 4) is 0 Å². The minimum absolute atomic E-state index is 0.0377. The number of ether oxygens (including phenoxy) is 1. The van der Waals surface area contributed by atoms with Gasteiger partial charge >= 0.3 is 6.03 Å². The van der Waals surface area contributed by atoms with Crippen LogP contribution in [-0.4, -0.2) is 73.4 Å². The van der Waals surface area contributed by atoms with Gasteiger partial charge in [0.15, 0.2) is 0 Å². The number of thiophene rings is 1. The molecule has 0 unspecified atom stereocenters. The smallest absolute Gasteiger partial charge is 0.322 e. The Balaban J connectivity index is 1.32. The van der Waals surface area contributed by atoms with E-state index in [-0.39, 0.29) is 17.1 Å². The Morgan fingerprint density at radius 1 is 1.19 bits per heavy atom. The molecule has 0 atom stereocenters. The van der Waals surface area contributed by atoms with E-state index in [0.29, 0.717) is 25.7 Å². The number of carbonyl (C=O) groups excluding carboxylic acids is 1. The molecular weight excluding hydrogens is 424 g/mol. The summed E-state index contributed by atoms with van der Waals surface area (Å²) in [7, 11) is 4.35. The molecule has 2 saturated heterocycles. The average Bonchev–Trinajstić information content (AvgIpc) is 3.44. The summed E-state index contributed by atoms with van der Waals surface area (Å²) in [6.07, 6.45) is 5.78. The SMILES string of the molecule is Cc1nc(N2CCOCC2)ncc1N1C[C@]2(CC[C@](c3cccs3)(N(C)C)CC2)NC1=O. The second kappa shape index (κ2) is 8.28. The number of amides is 2. The van der Waals surface area contributed by atoms with Crippen LogP contribution in [0.3, 0.4) is 0 Å². The number of nitrogens with one attached hydrogen (secondary N) is 1. The van der Waals surface area contributed by atoms with E-state index in [0.717, 1.165) is 50.2 Å². The highest BCUT2D eigenvalue weighted by Crippen LogP contribution is 2.47. The number of aromatic nitrogens is 2. The summed E-state index contributed by atoms with van der Waals surface area (Å²) in [5, 5.41) is 5.49. The van der Waals surface area contributed by atoms with Gasteiger partial charge in [-0.1, -0.05) is 6.07 Å². The first kappa shape index (κ1) is 21.6. The molecular formula is C23H32N6O2S. The van der Waals surface area contributed by atoms with Crippen LogP contribution in [0.25, 0.3) is 0 Å². The minimum atomic E-state index is -0.191. The van der Waals surface area contributed by atoms with E-state index in [1.54, 1.807) is 0 Å². The highest BCUT2D eigenvalue weighted by molar-refractivity contribution is 7.10. The third kappa shape index (κ3) is 3.66. The third-order valence-corrected chi connectivity index (χ3v) is 8.54. The van der Waals surface area contributed by atoms with Crippen molar-refractivity contribution in [2.45, 2.75) is 43.7 Å². The average molecular weight is 457 g/mol. The van der Waals surface area contributed by atoms with Crippen molar-refractivity contribution in [1.82, 2.24) is 20.2 Å². The molecule has 2 aliphatic heterocycles. The maximum absolute atomic E-state index is 13.0. The van der Waals surface area contributed by atoms with Crippen LogP contribution in [-0.2, 0) is 10.3 Å². The van der Waals surface area contributed by atoms with Crippen LogP contribution in [0.15, 0.2) is 23.7 Å². The summed E-state index contributed by atoms with van der Waals surface area (Å²) >= 11 is 1.83. The molecule has 8 nitrogen and oxygen atoms in total. The number of morpholine rings is 1. The number of anilines is 2. The number of aryl methyl sites for hydroxylation is 1. The molecule has 1 saturated carbocycles. The summed E-state index contributed by atoms with van der Waals surface area (Å²) < 4.78 is 5.43. The number of hydrogen-bond donors (Lipinski definition) is 1. The maximum Gasteiger partial charge on any atom is 0.322 e. The number of rotatable bonds is 4. The van der Waals surface area contributed by atoms with Gasteiger partial charge in [-0.05, 0) is 58.1 Å². The first-order chi connectivity index (χ1) is 15.4. The van der Waals surface area contributed by atoms with Crippen molar-refractivity contribution in [3.63, 3.8) is 0 Å². The lowest BCUT2D eigenvalue weighted by Gasteiger charge is -2.47. The van der Waals surface area contributed by atoms with Gasteiger partial charge < -0.3 is 15.0 Å². The predicted octanol–water partition coefficient (Wildman–Crippen LogP) is 2.98. The van der Waals surface area contributed by atoms with Crippen molar-refractivity contribution in [3.05, 3.63) is 34.3 Å². The van der Waals surface area contributed by atoms with Gasteiger partial charge in [0.1, 0.15) is 0 Å². The molecule has 3 fully saturated rings. The largest absolute Gasteiger partial charge is 0.378 e. The lowest BCUT2D eigenvalue weighted by Crippen LogP contribution is -2.53. The van der Waals surface area contributed by atoms with Crippen LogP contribution < -0.4 is 15.1 Å². The molecule has 1 aliphatic carbocycles. The van der Waals surface area contributed by atoms with Gasteiger partial charge in [0.05, 0.1) is 48.4 Å². The third-order valence-electron chi connectivity index (χ3n) is 7.47. The van der Waals surface area contributed by atoms with Crippen molar-refractivity contribution >= 4 is 29.0 Å². The number of carbonyl (C=O) groups is 1. The van der Waals surface area contributed by atoms with Gasteiger partial charge in [-0.3, -0.25) is 9.80 Å². The fraction of sp³-hybridized carbons (Fsp3) is 0.609. The predicted molar refractivity (Wildman–Crippen MR) is 127 cm³/mol. The van der Waals surface area contributed by atoms with Gasteiger partial charge in [0, 0.05) is 18.0 Å². The van der Waals surface area contributed by atoms with Crippen LogP contribution >= 0.6 is 11.3 Å². The second-order valence-corrected chi connectivity index (χ2v) is 10.4. The highest BCUT2D eigenvalue weighted by Gasteiger charge is 2.50. The molecule has 2 aromatic rings. The van der Waals surface area contributed by atoms with E-state index in [9.17, 15) is 4.79 Å². The summed E-state index contributed by atoms with van der Waals surface area (Å²) in [5.41, 5.74) is 1.50. The van der Waals surface area contributed by atoms with Gasteiger partial charge in [-0.2, -0.15) is 0 Å². The molecule has 1 spiro atoms. The Labute approximate surface area is 193 Å². The van der Waals surface area contributed by atoms with Gasteiger partial charge in [-0.25, -0.2) is 14.8 Å². The summed E-state index contributed by atoms with van der Waals surface area (Å²) in [5.74, 6) is 0.716. The molecule has 0 bridgehead atoms. The zero-order valence-corrected chi connectivity index (χ0v) is 20.0. The van der Waals surface area contributed by atoms with Crippen LogP contribution in [0.1, 0.15) is 36.3 Å². The monoisotopic (exact) mass is 456 g/mol. The Morgan fingerprint density at radius 3 is 2.56 bits per heavy atom. The topological polar surface area (TPSA) is 73.8 Å². The van der Waals surface area contributed by atoms with Crippen molar-refractivity contribution < 1.29 is 9.53 Å². The Hall–Kier alpha value is -2.23. The number of nitrogens with zero attached hydrogens (tertiary/aromatic N) is 5. The standard InChI is InChI=1S/C23H32N6O2S/c1-17-18(15-24-20(25-17)28-10-12-31-13-11-28)29-16-22(26-21(29)30)6-8-23(9-7-22,27(2)3)19-5-4-14-32-19/h4-5,14-15H,6-13,16H2,1-3H3,(H,26,30)/t22-,23+. The molecule has 1 N–H and O–H groups in total. The minimum Gasteiger partial charge on any atom is -0.378 e. The zero-order valence-electron chi connectivity index (χ0n) is 19.1. The number of urea groups is 1. The Kier molecular flexibility index (Phi) is 5.59. The van der Waals surface area contributed by atoms with E-state index in [1.165, 1.54) is 4.88 Å². The molecule has 3 aliphatic rings. The van der Waals surface area contributed by atoms with Gasteiger partial charge in [0.2, 0.25) is 5.95 Å². The van der Waals surface area contributed by atoms with Crippen molar-refractivity contribution in [1.29, 1.82) is 0 Å². The lowest BCUT2D eigenvalue weighted by atomic mass is 9.71. The van der Waals surface area contributed by atoms with E-state index in [2.05, 4.69) is 51.7 Å². The van der Waals surface area contributed by atoms with Crippen LogP contribution in [0.5, 0.6) is 0 Å². The zero-order chi connectivity index (χ0) is 22.3. The Bertz CT molecular complexity index is 965. The van der Waals surface area contributed by atoms with Gasteiger partial charge in [-0.15, -0.1) is 11.3 Å². The van der Waals surface area contributed by atoms with E-state index in [1.807, 2.05) is 29.4 Å². The van der Waals surface area contributed by atoms with E-state index >= 15 is 0 Å². The van der Waals surface area contributed by atoms with Crippen molar-refractivity contribution in [2.24, 2.45) is 0 Å². The van der Waals surface area contributed by atoms with E-state index < -0.39 is 0 Å². The van der Waals surface area contributed by atoms with Gasteiger partial charge in [0.25, 0.3) is 0 Å². The highest BCUT2D eigenvalue weighted by atomic mass is 32.1. The molecule has 4 heterocycles. The molecule has 2 amide bonds. The summed E-state index contributed by atoms with van der Waals surface area (Å²) in [6, 6.07) is 4.35. The maximum atomic E-state index is 13.0. The fourth-order valence-corrected chi connectivity index (χ4v) is 6.48. The number of hydrogen-bond acceptors (Lipinski definition) is 7. The van der Waals surface area contributed by atoms with Crippen LogP contribution in [0.4, 0.5) is 16.4 Å². The molecule has 0 aromatic carbocycles. The Morgan fingerprint density at radius 2 is 1.94 bits per heavy atom. The fourth-order valence-electron chi connectivity index (χ4n) is 5.41. The summed E-state index contributed by atoms with van der Waals surface area (Å²) in [4.78, 5) is 30.1. The second-order valence-electron chi connectivity index (χ2n) is 9.44. The van der Waals surface area contributed by atoms with Crippen LogP contribution in [0, 0.1) is 6.92 Å². The van der Waals surface area contributed by atoms with Crippen LogP contribution in [0.2, 0.25) is 0 Å². The normalized spacial score (nSPS) is 28.6. The molecule has 32 heavy (non-hydrogen) atoms. The first-order valence-electron chi connectivity index (χ1n) is 11.4. The first-order valence-corrected chi connectivity index (χ1v) is 12.3. The van der Waals surface area contributed by atoms with E-state index in [4.69, 9.17) is 9.72 Å². The molecule has 2 aromatic heterocycles. The summed E-state index contributed by atoms with van der Waals surface area (Å²) in [6.45, 7) is 5.62. The molecule has 172 valence electrons. The quantitative estimate of drug-likeness (QED) is 0.763.